The molecule has 0 unspecified atom stereocenters. The lowest BCUT2D eigenvalue weighted by atomic mass is 10.2. The van der Waals surface area contributed by atoms with Crippen molar-refractivity contribution in [2.24, 2.45) is 0 Å². The standard InChI is InChI=1S/C19H20N2O2S/c22-19-17(24-16-8-4-3-7-15(16)20-19)13-14-9-10-18(23-14)21-11-5-1-2-6-12-21/h3-4,7-10,13H,1-2,5-6,11-12H2,(H,20,22)/b17-13-. The van der Waals surface area contributed by atoms with E-state index in [2.05, 4.69) is 10.2 Å². The molecule has 5 heteroatoms. The highest BCUT2D eigenvalue weighted by Crippen LogP contribution is 2.38. The number of anilines is 2. The molecule has 1 saturated heterocycles. The monoisotopic (exact) mass is 340 g/mol. The number of furan rings is 1. The minimum Gasteiger partial charge on any atom is -0.441 e. The summed E-state index contributed by atoms with van der Waals surface area (Å²) in [6, 6.07) is 11.8. The molecule has 0 spiro atoms. The van der Waals surface area contributed by atoms with Gasteiger partial charge in [-0.3, -0.25) is 4.79 Å². The molecule has 124 valence electrons. The van der Waals surface area contributed by atoms with Gasteiger partial charge in [-0.1, -0.05) is 36.7 Å². The summed E-state index contributed by atoms with van der Waals surface area (Å²) in [5, 5.41) is 2.93. The van der Waals surface area contributed by atoms with Crippen molar-refractivity contribution in [2.45, 2.75) is 30.6 Å². The van der Waals surface area contributed by atoms with Gasteiger partial charge in [0.05, 0.1) is 10.6 Å². The molecule has 24 heavy (non-hydrogen) atoms. The molecular formula is C19H20N2O2S. The van der Waals surface area contributed by atoms with Gasteiger partial charge in [0.1, 0.15) is 5.76 Å². The normalized spacial score (nSPS) is 19.8. The number of carbonyl (C=O) groups excluding carboxylic acids is 1. The molecular weight excluding hydrogens is 320 g/mol. The predicted octanol–water partition coefficient (Wildman–Crippen LogP) is 4.75. The molecule has 0 aliphatic carbocycles. The Hall–Kier alpha value is -2.14. The fourth-order valence-corrected chi connectivity index (χ4v) is 4.04. The summed E-state index contributed by atoms with van der Waals surface area (Å²) in [5.74, 6) is 1.56. The summed E-state index contributed by atoms with van der Waals surface area (Å²) in [5.41, 5.74) is 0.870. The Morgan fingerprint density at radius 2 is 1.83 bits per heavy atom. The van der Waals surface area contributed by atoms with Crippen molar-refractivity contribution in [3.8, 4) is 0 Å². The molecule has 0 atom stereocenters. The van der Waals surface area contributed by atoms with E-state index in [4.69, 9.17) is 4.42 Å². The van der Waals surface area contributed by atoms with Gasteiger partial charge in [-0.2, -0.15) is 0 Å². The number of thioether (sulfide) groups is 1. The van der Waals surface area contributed by atoms with Gasteiger partial charge < -0.3 is 14.6 Å². The quantitative estimate of drug-likeness (QED) is 0.802. The minimum atomic E-state index is -0.0774. The summed E-state index contributed by atoms with van der Waals surface area (Å²) in [7, 11) is 0. The molecule has 1 fully saturated rings. The van der Waals surface area contributed by atoms with Crippen molar-refractivity contribution in [3.63, 3.8) is 0 Å². The molecule has 2 aliphatic rings. The van der Waals surface area contributed by atoms with Gasteiger partial charge in [-0.15, -0.1) is 0 Å². The fourth-order valence-electron chi connectivity index (χ4n) is 3.11. The Morgan fingerprint density at radius 3 is 2.67 bits per heavy atom. The molecule has 4 nitrogen and oxygen atoms in total. The number of para-hydroxylation sites is 1. The second-order valence-electron chi connectivity index (χ2n) is 6.14. The van der Waals surface area contributed by atoms with Crippen molar-refractivity contribution in [1.82, 2.24) is 0 Å². The van der Waals surface area contributed by atoms with Gasteiger partial charge >= 0.3 is 0 Å². The number of hydrogen-bond donors (Lipinski definition) is 1. The third-order valence-electron chi connectivity index (χ3n) is 4.38. The van der Waals surface area contributed by atoms with E-state index in [1.807, 2.05) is 42.5 Å². The van der Waals surface area contributed by atoms with Crippen LogP contribution in [0.1, 0.15) is 31.4 Å². The molecule has 1 aromatic carbocycles. The summed E-state index contributed by atoms with van der Waals surface area (Å²) in [6.07, 6.45) is 6.85. The van der Waals surface area contributed by atoms with Crippen LogP contribution in [0.5, 0.6) is 0 Å². The van der Waals surface area contributed by atoms with E-state index in [1.165, 1.54) is 37.4 Å². The number of hydrogen-bond acceptors (Lipinski definition) is 4. The molecule has 0 saturated carbocycles. The Balaban J connectivity index is 1.54. The highest BCUT2D eigenvalue weighted by atomic mass is 32.2. The Labute approximate surface area is 145 Å². The van der Waals surface area contributed by atoms with Crippen LogP contribution in [-0.4, -0.2) is 19.0 Å². The van der Waals surface area contributed by atoms with E-state index in [0.29, 0.717) is 4.91 Å². The average Bonchev–Trinajstić information content (AvgIpc) is 2.88. The zero-order valence-electron chi connectivity index (χ0n) is 13.5. The van der Waals surface area contributed by atoms with Gasteiger partial charge in [-0.25, -0.2) is 0 Å². The molecule has 3 heterocycles. The molecule has 1 N–H and O–H groups in total. The van der Waals surface area contributed by atoms with Gasteiger partial charge in [0, 0.05) is 30.1 Å². The average molecular weight is 340 g/mol. The molecule has 0 bridgehead atoms. The van der Waals surface area contributed by atoms with E-state index in [-0.39, 0.29) is 5.91 Å². The number of nitrogens with one attached hydrogen (secondary N) is 1. The van der Waals surface area contributed by atoms with Gasteiger partial charge in [0.2, 0.25) is 0 Å². The first kappa shape index (κ1) is 15.4. The molecule has 1 aromatic heterocycles. The largest absolute Gasteiger partial charge is 0.441 e. The van der Waals surface area contributed by atoms with Crippen molar-refractivity contribution in [1.29, 1.82) is 0 Å². The van der Waals surface area contributed by atoms with Gasteiger partial charge in [0.25, 0.3) is 5.91 Å². The second-order valence-corrected chi connectivity index (χ2v) is 7.22. The maximum absolute atomic E-state index is 12.3. The Bertz CT molecular complexity index is 773. The summed E-state index contributed by atoms with van der Waals surface area (Å²) < 4.78 is 5.97. The number of carbonyl (C=O) groups is 1. The number of rotatable bonds is 2. The van der Waals surface area contributed by atoms with Crippen LogP contribution in [0.3, 0.4) is 0 Å². The van der Waals surface area contributed by atoms with Crippen LogP contribution in [0, 0.1) is 0 Å². The van der Waals surface area contributed by atoms with Crippen LogP contribution < -0.4 is 10.2 Å². The van der Waals surface area contributed by atoms with Crippen LogP contribution in [0.4, 0.5) is 11.6 Å². The third-order valence-corrected chi connectivity index (χ3v) is 5.48. The second kappa shape index (κ2) is 6.77. The first-order valence-electron chi connectivity index (χ1n) is 8.44. The van der Waals surface area contributed by atoms with Gasteiger partial charge in [0.15, 0.2) is 5.88 Å². The maximum atomic E-state index is 12.3. The Morgan fingerprint density at radius 1 is 1.04 bits per heavy atom. The smallest absolute Gasteiger partial charge is 0.262 e. The summed E-state index contributed by atoms with van der Waals surface area (Å²) in [6.45, 7) is 2.10. The topological polar surface area (TPSA) is 45.5 Å². The van der Waals surface area contributed by atoms with E-state index in [9.17, 15) is 4.79 Å². The van der Waals surface area contributed by atoms with Crippen molar-refractivity contribution >= 4 is 35.3 Å². The van der Waals surface area contributed by atoms with Crippen molar-refractivity contribution in [3.05, 3.63) is 47.1 Å². The summed E-state index contributed by atoms with van der Waals surface area (Å²) in [4.78, 5) is 16.3. The molecule has 0 radical (unpaired) electrons. The molecule has 2 aliphatic heterocycles. The predicted molar refractivity (Wildman–Crippen MR) is 98.3 cm³/mol. The molecule has 2 aromatic rings. The van der Waals surface area contributed by atoms with Crippen molar-refractivity contribution in [2.75, 3.05) is 23.3 Å². The van der Waals surface area contributed by atoms with E-state index in [1.54, 1.807) is 0 Å². The highest BCUT2D eigenvalue weighted by Gasteiger charge is 2.21. The van der Waals surface area contributed by atoms with Gasteiger partial charge in [-0.05, 0) is 31.0 Å². The first-order valence-corrected chi connectivity index (χ1v) is 9.26. The Kier molecular flexibility index (Phi) is 4.34. The lowest BCUT2D eigenvalue weighted by Crippen LogP contribution is -2.23. The molecule has 1 amide bonds. The van der Waals surface area contributed by atoms with Crippen LogP contribution in [0.15, 0.2) is 50.6 Å². The van der Waals surface area contributed by atoms with Crippen LogP contribution >= 0.6 is 11.8 Å². The number of amides is 1. The van der Waals surface area contributed by atoms with E-state index in [0.717, 1.165) is 35.3 Å². The zero-order chi connectivity index (χ0) is 16.4. The highest BCUT2D eigenvalue weighted by molar-refractivity contribution is 8.04. The van der Waals surface area contributed by atoms with E-state index >= 15 is 0 Å². The van der Waals surface area contributed by atoms with Crippen LogP contribution in [0.25, 0.3) is 6.08 Å². The number of benzene rings is 1. The van der Waals surface area contributed by atoms with Crippen LogP contribution in [-0.2, 0) is 4.79 Å². The molecule has 4 rings (SSSR count). The summed E-state index contributed by atoms with van der Waals surface area (Å²) >= 11 is 1.48. The third kappa shape index (κ3) is 3.22. The number of nitrogens with zero attached hydrogens (tertiary/aromatic N) is 1. The SMILES string of the molecule is O=C1Nc2ccccc2S/C1=C\c1ccc(N2CCCCCC2)o1. The number of fused-ring (bicyclic) bond motifs is 1. The van der Waals surface area contributed by atoms with Crippen LogP contribution in [0.2, 0.25) is 0 Å². The minimum absolute atomic E-state index is 0.0774. The lowest BCUT2D eigenvalue weighted by Gasteiger charge is -2.19. The first-order chi connectivity index (χ1) is 11.8. The maximum Gasteiger partial charge on any atom is 0.262 e. The van der Waals surface area contributed by atoms with Crippen molar-refractivity contribution < 1.29 is 9.21 Å². The zero-order valence-corrected chi connectivity index (χ0v) is 14.3. The lowest BCUT2D eigenvalue weighted by molar-refractivity contribution is -0.112. The fraction of sp³-hybridized carbons (Fsp3) is 0.316. The van der Waals surface area contributed by atoms with E-state index < -0.39 is 0 Å².